The van der Waals surface area contributed by atoms with Crippen molar-refractivity contribution in [2.24, 2.45) is 4.99 Å². The zero-order valence-corrected chi connectivity index (χ0v) is 19.1. The third kappa shape index (κ3) is 5.49. The number of hydrogen-bond acceptors (Lipinski definition) is 3. The Morgan fingerprint density at radius 2 is 1.97 bits per heavy atom. The van der Waals surface area contributed by atoms with Gasteiger partial charge < -0.3 is 19.5 Å². The summed E-state index contributed by atoms with van der Waals surface area (Å²) in [4.78, 5) is 11.9. The number of hydrogen-bond donors (Lipinski definition) is 1. The van der Waals surface area contributed by atoms with E-state index in [2.05, 4.69) is 81.4 Å². The van der Waals surface area contributed by atoms with Crippen LogP contribution in [0.2, 0.25) is 0 Å². The Balaban J connectivity index is 1.36. The number of nitrogens with zero attached hydrogens (tertiary/aromatic N) is 4. The van der Waals surface area contributed by atoms with Crippen molar-refractivity contribution in [1.29, 1.82) is 0 Å². The second-order valence-electron chi connectivity index (χ2n) is 8.15. The topological polar surface area (TPSA) is 54.7 Å². The Kier molecular flexibility index (Phi) is 7.43. The van der Waals surface area contributed by atoms with E-state index in [-0.39, 0.29) is 0 Å². The van der Waals surface area contributed by atoms with Gasteiger partial charge in [-0.05, 0) is 36.6 Å². The highest BCUT2D eigenvalue weighted by atomic mass is 16.5. The van der Waals surface area contributed by atoms with Crippen LogP contribution in [0, 0.1) is 0 Å². The van der Waals surface area contributed by atoms with Crippen LogP contribution in [0.25, 0.3) is 0 Å². The number of rotatable bonds is 8. The predicted molar refractivity (Wildman–Crippen MR) is 129 cm³/mol. The Morgan fingerprint density at radius 3 is 2.72 bits per heavy atom. The first-order chi connectivity index (χ1) is 15.8. The molecule has 1 aromatic heterocycles. The summed E-state index contributed by atoms with van der Waals surface area (Å²) >= 11 is 0. The molecule has 0 saturated carbocycles. The zero-order chi connectivity index (χ0) is 22.2. The second-order valence-corrected chi connectivity index (χ2v) is 8.15. The molecule has 0 aliphatic carbocycles. The highest BCUT2D eigenvalue weighted by Gasteiger charge is 2.26. The third-order valence-corrected chi connectivity index (χ3v) is 6.00. The maximum Gasteiger partial charge on any atom is 0.193 e. The molecule has 1 atom stereocenters. The summed E-state index contributed by atoms with van der Waals surface area (Å²) in [5, 5.41) is 3.48. The van der Waals surface area contributed by atoms with Gasteiger partial charge in [0.25, 0.3) is 0 Å². The first kappa shape index (κ1) is 21.9. The quantitative estimate of drug-likeness (QED) is 0.434. The van der Waals surface area contributed by atoms with Crippen molar-refractivity contribution in [2.45, 2.75) is 32.2 Å². The van der Waals surface area contributed by atoms with Crippen LogP contribution >= 0.6 is 0 Å². The van der Waals surface area contributed by atoms with E-state index >= 15 is 0 Å². The van der Waals surface area contributed by atoms with E-state index in [1.807, 2.05) is 12.3 Å². The summed E-state index contributed by atoms with van der Waals surface area (Å²) in [6.07, 6.45) is 5.90. The molecular weight excluding hydrogens is 398 g/mol. The van der Waals surface area contributed by atoms with Crippen LogP contribution in [0.4, 0.5) is 0 Å². The number of methoxy groups -OCH3 is 1. The van der Waals surface area contributed by atoms with E-state index in [4.69, 9.17) is 9.73 Å². The molecule has 1 fully saturated rings. The molecule has 6 nitrogen and oxygen atoms in total. The molecule has 6 heteroatoms. The third-order valence-electron chi connectivity index (χ3n) is 6.00. The largest absolute Gasteiger partial charge is 0.497 e. The lowest BCUT2D eigenvalue weighted by molar-refractivity contribution is 0.414. The Labute approximate surface area is 191 Å². The number of ether oxygens (including phenoxy) is 1. The molecule has 1 aliphatic heterocycles. The average Bonchev–Trinajstić information content (AvgIpc) is 3.49. The minimum absolute atomic E-state index is 0.523. The van der Waals surface area contributed by atoms with Gasteiger partial charge in [-0.3, -0.25) is 4.99 Å². The summed E-state index contributed by atoms with van der Waals surface area (Å²) in [5.74, 6) is 3.51. The van der Waals surface area contributed by atoms with Gasteiger partial charge in [-0.15, -0.1) is 0 Å². The molecule has 4 rings (SSSR count). The summed E-state index contributed by atoms with van der Waals surface area (Å²) < 4.78 is 7.51. The van der Waals surface area contributed by atoms with Gasteiger partial charge in [-0.2, -0.15) is 0 Å². The van der Waals surface area contributed by atoms with Crippen LogP contribution in [0.5, 0.6) is 5.75 Å². The Morgan fingerprint density at radius 1 is 1.16 bits per heavy atom. The molecule has 0 bridgehead atoms. The van der Waals surface area contributed by atoms with Gasteiger partial charge in [0, 0.05) is 57.5 Å². The zero-order valence-electron chi connectivity index (χ0n) is 19.1. The van der Waals surface area contributed by atoms with Crippen molar-refractivity contribution in [1.82, 2.24) is 19.8 Å². The molecule has 0 spiro atoms. The molecule has 2 aromatic carbocycles. The monoisotopic (exact) mass is 431 g/mol. The van der Waals surface area contributed by atoms with Gasteiger partial charge in [0.05, 0.1) is 7.11 Å². The lowest BCUT2D eigenvalue weighted by Gasteiger charge is -2.22. The highest BCUT2D eigenvalue weighted by Crippen LogP contribution is 2.28. The SMILES string of the molecule is CCNC(=NCCc1nccn1Cc1ccccc1)N1CCC(c2ccc(OC)cc2)C1. The number of likely N-dealkylation sites (tertiary alicyclic amines) is 1. The van der Waals surface area contributed by atoms with Crippen molar-refractivity contribution >= 4 is 5.96 Å². The number of benzene rings is 2. The minimum Gasteiger partial charge on any atom is -0.497 e. The predicted octanol–water partition coefficient (Wildman–Crippen LogP) is 3.94. The molecule has 32 heavy (non-hydrogen) atoms. The number of guanidine groups is 1. The molecule has 168 valence electrons. The van der Waals surface area contributed by atoms with Gasteiger partial charge in [0.2, 0.25) is 0 Å². The number of nitrogens with one attached hydrogen (secondary N) is 1. The Bertz CT molecular complexity index is 997. The molecule has 1 N–H and O–H groups in total. The maximum absolute atomic E-state index is 5.29. The molecule has 1 unspecified atom stereocenters. The van der Waals surface area contributed by atoms with Crippen LogP contribution in [0.1, 0.15) is 36.2 Å². The smallest absolute Gasteiger partial charge is 0.193 e. The van der Waals surface area contributed by atoms with Crippen LogP contribution in [-0.4, -0.2) is 53.7 Å². The fraction of sp³-hybridized carbons (Fsp3) is 0.385. The van der Waals surface area contributed by atoms with Gasteiger partial charge in [0.15, 0.2) is 5.96 Å². The standard InChI is InChI=1S/C26H33N5O/c1-3-27-26(31-17-14-23(20-31)22-9-11-24(32-2)12-10-22)29-15-13-25-28-16-18-30(25)19-21-7-5-4-6-8-21/h4-12,16,18,23H,3,13-15,17,19-20H2,1-2H3,(H,27,29). The second kappa shape index (κ2) is 10.8. The van der Waals surface area contributed by atoms with E-state index in [0.29, 0.717) is 5.92 Å². The molecule has 0 amide bonds. The summed E-state index contributed by atoms with van der Waals surface area (Å²) in [7, 11) is 1.71. The van der Waals surface area contributed by atoms with Crippen LogP contribution in [-0.2, 0) is 13.0 Å². The van der Waals surface area contributed by atoms with E-state index in [1.54, 1.807) is 7.11 Å². The molecule has 1 saturated heterocycles. The van der Waals surface area contributed by atoms with E-state index in [0.717, 1.165) is 63.1 Å². The summed E-state index contributed by atoms with van der Waals surface area (Å²) in [5.41, 5.74) is 2.65. The first-order valence-corrected chi connectivity index (χ1v) is 11.5. The van der Waals surface area contributed by atoms with E-state index in [9.17, 15) is 0 Å². The lowest BCUT2D eigenvalue weighted by atomic mass is 9.98. The molecular formula is C26H33N5O. The van der Waals surface area contributed by atoms with Gasteiger partial charge in [-0.1, -0.05) is 42.5 Å². The van der Waals surface area contributed by atoms with Crippen molar-refractivity contribution in [3.05, 3.63) is 83.9 Å². The first-order valence-electron chi connectivity index (χ1n) is 11.5. The van der Waals surface area contributed by atoms with Crippen molar-refractivity contribution in [3.8, 4) is 5.75 Å². The number of aliphatic imine (C=N–C) groups is 1. The van der Waals surface area contributed by atoms with Crippen LogP contribution in [0.3, 0.4) is 0 Å². The molecule has 0 radical (unpaired) electrons. The van der Waals surface area contributed by atoms with E-state index in [1.165, 1.54) is 11.1 Å². The lowest BCUT2D eigenvalue weighted by Crippen LogP contribution is -2.40. The fourth-order valence-electron chi connectivity index (χ4n) is 4.28. The van der Waals surface area contributed by atoms with E-state index < -0.39 is 0 Å². The molecule has 2 heterocycles. The number of imidazole rings is 1. The summed E-state index contributed by atoms with van der Waals surface area (Å²) in [6.45, 7) is 6.56. The highest BCUT2D eigenvalue weighted by molar-refractivity contribution is 5.80. The summed E-state index contributed by atoms with van der Waals surface area (Å²) in [6, 6.07) is 19.0. The van der Waals surface area contributed by atoms with Gasteiger partial charge in [-0.25, -0.2) is 4.98 Å². The number of aromatic nitrogens is 2. The van der Waals surface area contributed by atoms with Crippen molar-refractivity contribution in [3.63, 3.8) is 0 Å². The maximum atomic E-state index is 5.29. The van der Waals surface area contributed by atoms with Crippen molar-refractivity contribution < 1.29 is 4.74 Å². The van der Waals surface area contributed by atoms with Crippen LogP contribution < -0.4 is 10.1 Å². The van der Waals surface area contributed by atoms with Gasteiger partial charge >= 0.3 is 0 Å². The minimum atomic E-state index is 0.523. The Hall–Kier alpha value is -3.28. The van der Waals surface area contributed by atoms with Gasteiger partial charge in [0.1, 0.15) is 11.6 Å². The molecule has 3 aromatic rings. The normalized spacial score (nSPS) is 16.4. The molecule has 1 aliphatic rings. The van der Waals surface area contributed by atoms with Crippen molar-refractivity contribution in [2.75, 3.05) is 33.3 Å². The fourth-order valence-corrected chi connectivity index (χ4v) is 4.28. The average molecular weight is 432 g/mol. The van der Waals surface area contributed by atoms with Crippen LogP contribution in [0.15, 0.2) is 72.0 Å².